The molecule has 1 N–H and O–H groups in total. The highest BCUT2D eigenvalue weighted by molar-refractivity contribution is 5.95. The Morgan fingerprint density at radius 2 is 2.15 bits per heavy atom. The predicted molar refractivity (Wildman–Crippen MR) is 46.3 cm³/mol. The first-order chi connectivity index (χ1) is 6.11. The molecule has 0 amide bonds. The fourth-order valence-electron chi connectivity index (χ4n) is 1.03. The molecule has 0 unspecified atom stereocenters. The normalized spacial score (nSPS) is 9.69. The molecular formula is C9H11NO3. The summed E-state index contributed by atoms with van der Waals surface area (Å²) >= 11 is 0. The van der Waals surface area contributed by atoms with Gasteiger partial charge in [0.15, 0.2) is 5.78 Å². The molecule has 0 atom stereocenters. The quantitative estimate of drug-likeness (QED) is 0.564. The minimum Gasteiger partial charge on any atom is -0.459 e. The maximum Gasteiger partial charge on any atom is 0.303 e. The summed E-state index contributed by atoms with van der Waals surface area (Å²) in [5.41, 5.74) is 1.21. The van der Waals surface area contributed by atoms with Gasteiger partial charge in [-0.05, 0) is 13.0 Å². The van der Waals surface area contributed by atoms with Gasteiger partial charge in [-0.15, -0.1) is 0 Å². The number of hydrogen-bond donors (Lipinski definition) is 1. The van der Waals surface area contributed by atoms with Crippen molar-refractivity contribution in [1.29, 1.82) is 0 Å². The van der Waals surface area contributed by atoms with Gasteiger partial charge in [0.2, 0.25) is 0 Å². The van der Waals surface area contributed by atoms with Crippen LogP contribution in [-0.2, 0) is 16.1 Å². The summed E-state index contributed by atoms with van der Waals surface area (Å²) in [7, 11) is 0. The fraction of sp³-hybridized carbons (Fsp3) is 0.333. The van der Waals surface area contributed by atoms with E-state index in [1.807, 2.05) is 0 Å². The highest BCUT2D eigenvalue weighted by atomic mass is 16.5. The lowest BCUT2D eigenvalue weighted by molar-refractivity contribution is -0.142. The molecule has 0 fully saturated rings. The Morgan fingerprint density at radius 1 is 1.46 bits per heavy atom. The average molecular weight is 181 g/mol. The van der Waals surface area contributed by atoms with Crippen molar-refractivity contribution in [3.63, 3.8) is 0 Å². The third-order valence-electron chi connectivity index (χ3n) is 1.63. The first-order valence-corrected chi connectivity index (χ1v) is 3.92. The van der Waals surface area contributed by atoms with Crippen molar-refractivity contribution in [3.8, 4) is 0 Å². The van der Waals surface area contributed by atoms with Crippen molar-refractivity contribution in [1.82, 2.24) is 4.98 Å². The molecule has 1 heterocycles. The second-order valence-corrected chi connectivity index (χ2v) is 2.71. The molecule has 70 valence electrons. The molecule has 0 saturated carbocycles. The molecule has 0 bridgehead atoms. The number of ketones is 1. The van der Waals surface area contributed by atoms with Gasteiger partial charge in [-0.3, -0.25) is 9.59 Å². The van der Waals surface area contributed by atoms with E-state index >= 15 is 0 Å². The topological polar surface area (TPSA) is 59.2 Å². The number of H-pyrrole nitrogens is 1. The summed E-state index contributed by atoms with van der Waals surface area (Å²) in [6.45, 7) is 2.92. The molecule has 1 rings (SSSR count). The standard InChI is InChI=1S/C9H11NO3/c1-6(11)8-3-4-10-9(8)5-13-7(2)12/h3-4,10H,5H2,1-2H3. The Morgan fingerprint density at radius 3 is 2.69 bits per heavy atom. The van der Waals surface area contributed by atoms with E-state index in [2.05, 4.69) is 4.98 Å². The zero-order chi connectivity index (χ0) is 9.84. The lowest BCUT2D eigenvalue weighted by Crippen LogP contribution is -2.03. The summed E-state index contributed by atoms with van der Waals surface area (Å²) in [4.78, 5) is 24.4. The number of rotatable bonds is 3. The molecule has 0 spiro atoms. The highest BCUT2D eigenvalue weighted by Crippen LogP contribution is 2.08. The average Bonchev–Trinajstić information content (AvgIpc) is 2.47. The first-order valence-electron chi connectivity index (χ1n) is 3.92. The first kappa shape index (κ1) is 9.51. The Hall–Kier alpha value is -1.58. The lowest BCUT2D eigenvalue weighted by atomic mass is 10.2. The number of aromatic amines is 1. The van der Waals surface area contributed by atoms with Gasteiger partial charge in [-0.25, -0.2) is 0 Å². The van der Waals surface area contributed by atoms with Gasteiger partial charge >= 0.3 is 5.97 Å². The number of esters is 1. The molecule has 1 aromatic heterocycles. The largest absolute Gasteiger partial charge is 0.459 e. The molecule has 4 heteroatoms. The summed E-state index contributed by atoms with van der Waals surface area (Å²) in [5, 5.41) is 0. The van der Waals surface area contributed by atoms with E-state index in [1.54, 1.807) is 12.3 Å². The van der Waals surface area contributed by atoms with Crippen molar-refractivity contribution in [3.05, 3.63) is 23.5 Å². The fourth-order valence-corrected chi connectivity index (χ4v) is 1.03. The van der Waals surface area contributed by atoms with Crippen LogP contribution in [0.4, 0.5) is 0 Å². The van der Waals surface area contributed by atoms with Gasteiger partial charge in [-0.1, -0.05) is 0 Å². The maximum atomic E-state index is 11.0. The van der Waals surface area contributed by atoms with Gasteiger partial charge in [0, 0.05) is 18.7 Å². The van der Waals surface area contributed by atoms with Crippen LogP contribution >= 0.6 is 0 Å². The van der Waals surface area contributed by atoms with Crippen molar-refractivity contribution >= 4 is 11.8 Å². The van der Waals surface area contributed by atoms with Crippen LogP contribution in [0.1, 0.15) is 29.9 Å². The van der Waals surface area contributed by atoms with Crippen molar-refractivity contribution in [2.45, 2.75) is 20.5 Å². The van der Waals surface area contributed by atoms with Gasteiger partial charge < -0.3 is 9.72 Å². The Labute approximate surface area is 75.9 Å². The summed E-state index contributed by atoms with van der Waals surface area (Å²) < 4.78 is 4.75. The van der Waals surface area contributed by atoms with Crippen LogP contribution in [0, 0.1) is 0 Å². The van der Waals surface area contributed by atoms with Crippen molar-refractivity contribution in [2.75, 3.05) is 0 Å². The van der Waals surface area contributed by atoms with E-state index < -0.39 is 0 Å². The zero-order valence-electron chi connectivity index (χ0n) is 7.59. The molecular weight excluding hydrogens is 170 g/mol. The molecule has 1 aromatic rings. The van der Waals surface area contributed by atoms with Crippen molar-refractivity contribution in [2.24, 2.45) is 0 Å². The number of Topliss-reactive ketones (excluding diaryl/α,β-unsaturated/α-hetero) is 1. The molecule has 0 aliphatic heterocycles. The van der Waals surface area contributed by atoms with E-state index in [-0.39, 0.29) is 18.4 Å². The molecule has 0 aliphatic carbocycles. The zero-order valence-corrected chi connectivity index (χ0v) is 7.59. The molecule has 0 aliphatic rings. The SMILES string of the molecule is CC(=O)OCc1[nH]ccc1C(C)=O. The Balaban J connectivity index is 2.71. The molecule has 0 aromatic carbocycles. The number of aromatic nitrogens is 1. The number of nitrogens with one attached hydrogen (secondary N) is 1. The summed E-state index contributed by atoms with van der Waals surface area (Å²) in [5.74, 6) is -0.396. The van der Waals surface area contributed by atoms with Crippen LogP contribution in [-0.4, -0.2) is 16.7 Å². The minimum absolute atomic E-state index is 0.0385. The van der Waals surface area contributed by atoms with Gasteiger partial charge in [0.1, 0.15) is 6.61 Å². The predicted octanol–water partition coefficient (Wildman–Crippen LogP) is 1.28. The van der Waals surface area contributed by atoms with Crippen LogP contribution in [0.15, 0.2) is 12.3 Å². The summed E-state index contributed by atoms with van der Waals surface area (Å²) in [6, 6.07) is 1.67. The highest BCUT2D eigenvalue weighted by Gasteiger charge is 2.08. The second-order valence-electron chi connectivity index (χ2n) is 2.71. The molecule has 4 nitrogen and oxygen atoms in total. The lowest BCUT2D eigenvalue weighted by Gasteiger charge is -2.01. The second kappa shape index (κ2) is 3.89. The van der Waals surface area contributed by atoms with E-state index in [1.165, 1.54) is 13.8 Å². The van der Waals surface area contributed by atoms with Crippen LogP contribution in [0.2, 0.25) is 0 Å². The van der Waals surface area contributed by atoms with E-state index in [0.717, 1.165) is 0 Å². The smallest absolute Gasteiger partial charge is 0.303 e. The van der Waals surface area contributed by atoms with E-state index in [9.17, 15) is 9.59 Å². The van der Waals surface area contributed by atoms with Gasteiger partial charge in [0.25, 0.3) is 0 Å². The number of ether oxygens (including phenoxy) is 1. The summed E-state index contributed by atoms with van der Waals surface area (Å²) in [6.07, 6.45) is 1.65. The van der Waals surface area contributed by atoms with Gasteiger partial charge in [-0.2, -0.15) is 0 Å². The molecule has 13 heavy (non-hydrogen) atoms. The number of carbonyl (C=O) groups excluding carboxylic acids is 2. The van der Waals surface area contributed by atoms with Crippen LogP contribution in [0.5, 0.6) is 0 Å². The van der Waals surface area contributed by atoms with E-state index in [0.29, 0.717) is 11.3 Å². The van der Waals surface area contributed by atoms with Crippen molar-refractivity contribution < 1.29 is 14.3 Å². The van der Waals surface area contributed by atoms with Crippen LogP contribution in [0.25, 0.3) is 0 Å². The Kier molecular flexibility index (Phi) is 2.84. The Bertz CT molecular complexity index is 327. The van der Waals surface area contributed by atoms with Crippen LogP contribution < -0.4 is 0 Å². The minimum atomic E-state index is -0.357. The third-order valence-corrected chi connectivity index (χ3v) is 1.63. The molecule has 0 radical (unpaired) electrons. The number of hydrogen-bond acceptors (Lipinski definition) is 3. The van der Waals surface area contributed by atoms with Gasteiger partial charge in [0.05, 0.1) is 5.69 Å². The monoisotopic (exact) mass is 181 g/mol. The van der Waals surface area contributed by atoms with Crippen LogP contribution in [0.3, 0.4) is 0 Å². The maximum absolute atomic E-state index is 11.0. The third kappa shape index (κ3) is 2.43. The number of carbonyl (C=O) groups is 2. The van der Waals surface area contributed by atoms with E-state index in [4.69, 9.17) is 4.74 Å². The molecule has 0 saturated heterocycles.